The SMILES string of the molecule is Bc1ccc(-c2c([C@H](OC(C)(C)C)C(=O)OC)c(C)nc3sc(C)cc23)c(Cl)c1F. The summed E-state index contributed by atoms with van der Waals surface area (Å²) in [6.45, 7) is 9.37. The molecule has 30 heavy (non-hydrogen) atoms. The van der Waals surface area contributed by atoms with E-state index in [1.807, 2.05) is 40.7 Å². The van der Waals surface area contributed by atoms with Crippen molar-refractivity contribution in [1.29, 1.82) is 0 Å². The monoisotopic (exact) mass is 447 g/mol. The van der Waals surface area contributed by atoms with Crippen LogP contribution in [0.1, 0.15) is 43.0 Å². The van der Waals surface area contributed by atoms with E-state index >= 15 is 0 Å². The van der Waals surface area contributed by atoms with Gasteiger partial charge in [-0.2, -0.15) is 0 Å². The van der Waals surface area contributed by atoms with Crippen molar-refractivity contribution in [2.75, 3.05) is 7.11 Å². The van der Waals surface area contributed by atoms with Crippen molar-refractivity contribution in [1.82, 2.24) is 4.98 Å². The smallest absolute Gasteiger partial charge is 0.339 e. The molecule has 3 rings (SSSR count). The van der Waals surface area contributed by atoms with Gasteiger partial charge in [-0.05, 0) is 40.7 Å². The van der Waals surface area contributed by atoms with Crippen LogP contribution in [0, 0.1) is 19.7 Å². The Hall–Kier alpha value is -1.96. The van der Waals surface area contributed by atoms with Gasteiger partial charge < -0.3 is 9.47 Å². The van der Waals surface area contributed by atoms with Gasteiger partial charge in [-0.1, -0.05) is 29.2 Å². The van der Waals surface area contributed by atoms with Crippen LogP contribution in [0.4, 0.5) is 4.39 Å². The number of hydrogen-bond donors (Lipinski definition) is 0. The highest BCUT2D eigenvalue weighted by atomic mass is 35.5. The molecule has 2 heterocycles. The number of nitrogens with zero attached hydrogens (tertiary/aromatic N) is 1. The quantitative estimate of drug-likeness (QED) is 0.431. The van der Waals surface area contributed by atoms with Gasteiger partial charge in [-0.3, -0.25) is 0 Å². The number of hydrogen-bond acceptors (Lipinski definition) is 5. The van der Waals surface area contributed by atoms with E-state index in [1.54, 1.807) is 20.0 Å². The van der Waals surface area contributed by atoms with Gasteiger partial charge in [-0.15, -0.1) is 11.3 Å². The fourth-order valence-corrected chi connectivity index (χ4v) is 4.68. The molecular formula is C22H24BClFNO3S. The van der Waals surface area contributed by atoms with Gasteiger partial charge >= 0.3 is 5.97 Å². The predicted octanol–water partition coefficient (Wildman–Crippen LogP) is 4.66. The zero-order valence-corrected chi connectivity index (χ0v) is 19.7. The number of benzene rings is 1. The lowest BCUT2D eigenvalue weighted by atomic mass is 9.88. The zero-order chi connectivity index (χ0) is 22.4. The summed E-state index contributed by atoms with van der Waals surface area (Å²) < 4.78 is 25.9. The molecule has 0 saturated carbocycles. The van der Waals surface area contributed by atoms with Crippen molar-refractivity contribution in [3.63, 3.8) is 0 Å². The number of esters is 1. The molecule has 1 aromatic carbocycles. The van der Waals surface area contributed by atoms with Gasteiger partial charge in [0.15, 0.2) is 6.10 Å². The Balaban J connectivity index is 2.45. The number of aromatic nitrogens is 1. The molecule has 0 aliphatic heterocycles. The third kappa shape index (κ3) is 4.24. The van der Waals surface area contributed by atoms with E-state index < -0.39 is 23.5 Å². The molecule has 0 amide bonds. The maximum Gasteiger partial charge on any atom is 0.339 e. The van der Waals surface area contributed by atoms with Crippen molar-refractivity contribution >= 4 is 52.4 Å². The van der Waals surface area contributed by atoms with Crippen molar-refractivity contribution < 1.29 is 18.7 Å². The summed E-state index contributed by atoms with van der Waals surface area (Å²) in [5, 5.41) is 0.807. The highest BCUT2D eigenvalue weighted by Gasteiger charge is 2.34. The second-order valence-electron chi connectivity index (χ2n) is 8.25. The molecule has 158 valence electrons. The van der Waals surface area contributed by atoms with E-state index in [2.05, 4.69) is 0 Å². The van der Waals surface area contributed by atoms with Crippen LogP contribution in [-0.4, -0.2) is 31.5 Å². The van der Waals surface area contributed by atoms with Crippen LogP contribution in [0.3, 0.4) is 0 Å². The van der Waals surface area contributed by atoms with Crippen LogP contribution >= 0.6 is 22.9 Å². The van der Waals surface area contributed by atoms with Crippen LogP contribution in [0.25, 0.3) is 21.3 Å². The summed E-state index contributed by atoms with van der Waals surface area (Å²) in [6, 6.07) is 5.43. The molecule has 0 fully saturated rings. The minimum Gasteiger partial charge on any atom is -0.467 e. The summed E-state index contributed by atoms with van der Waals surface area (Å²) in [6.07, 6.45) is -1.04. The minimum atomic E-state index is -1.04. The van der Waals surface area contributed by atoms with Gasteiger partial charge in [0.05, 0.1) is 17.7 Å². The van der Waals surface area contributed by atoms with E-state index in [-0.39, 0.29) is 5.02 Å². The molecule has 0 aliphatic rings. The van der Waals surface area contributed by atoms with Gasteiger partial charge in [0, 0.05) is 32.6 Å². The van der Waals surface area contributed by atoms with E-state index in [0.29, 0.717) is 27.8 Å². The highest BCUT2D eigenvalue weighted by molar-refractivity contribution is 7.18. The van der Waals surface area contributed by atoms with E-state index in [4.69, 9.17) is 26.1 Å². The molecule has 1 atom stereocenters. The second-order valence-corrected chi connectivity index (χ2v) is 9.87. The first kappa shape index (κ1) is 22.7. The molecule has 0 N–H and O–H groups in total. The summed E-state index contributed by atoms with van der Waals surface area (Å²) >= 11 is 8.00. The van der Waals surface area contributed by atoms with E-state index in [9.17, 15) is 9.18 Å². The number of rotatable bonds is 4. The zero-order valence-electron chi connectivity index (χ0n) is 18.1. The van der Waals surface area contributed by atoms with Gasteiger partial charge in [0.25, 0.3) is 0 Å². The summed E-state index contributed by atoms with van der Waals surface area (Å²) in [4.78, 5) is 19.3. The number of aryl methyl sites for hydroxylation is 2. The van der Waals surface area contributed by atoms with Gasteiger partial charge in [0.2, 0.25) is 0 Å². The first-order valence-electron chi connectivity index (χ1n) is 9.56. The number of thiophene rings is 1. The van der Waals surface area contributed by atoms with Gasteiger partial charge in [0.1, 0.15) is 18.5 Å². The topological polar surface area (TPSA) is 48.4 Å². The van der Waals surface area contributed by atoms with E-state index in [0.717, 1.165) is 15.1 Å². The third-order valence-corrected chi connectivity index (χ3v) is 6.04. The van der Waals surface area contributed by atoms with Crippen molar-refractivity contribution in [2.24, 2.45) is 0 Å². The molecular weight excluding hydrogens is 424 g/mol. The molecule has 4 nitrogen and oxygen atoms in total. The lowest BCUT2D eigenvalue weighted by Crippen LogP contribution is -2.29. The number of carbonyl (C=O) groups excluding carboxylic acids is 1. The van der Waals surface area contributed by atoms with Crippen LogP contribution in [0.2, 0.25) is 5.02 Å². The van der Waals surface area contributed by atoms with Crippen molar-refractivity contribution in [3.05, 3.63) is 45.2 Å². The summed E-state index contributed by atoms with van der Waals surface area (Å²) in [7, 11) is 2.98. The summed E-state index contributed by atoms with van der Waals surface area (Å²) in [5.41, 5.74) is 2.09. The Morgan fingerprint density at radius 1 is 1.30 bits per heavy atom. The Labute approximate surface area is 185 Å². The molecule has 8 heteroatoms. The predicted molar refractivity (Wildman–Crippen MR) is 123 cm³/mol. The molecule has 0 bridgehead atoms. The molecule has 0 radical (unpaired) electrons. The first-order valence-corrected chi connectivity index (χ1v) is 10.7. The van der Waals surface area contributed by atoms with Crippen LogP contribution in [-0.2, 0) is 14.3 Å². The standard InChI is InChI=1S/C22H24BClFNO3S/c1-10-9-13-16(12-7-8-14(23)18(25)17(12)24)15(11(2)26-20(13)30-10)19(21(27)28-6)29-22(3,4)5/h7-9,19H,23H2,1-6H3/t19-/m0/s1. The fourth-order valence-electron chi connectivity index (χ4n) is 3.44. The Morgan fingerprint density at radius 3 is 2.57 bits per heavy atom. The minimum absolute atomic E-state index is 0.00591. The molecule has 0 unspecified atom stereocenters. The number of carbonyl (C=O) groups is 1. The maximum absolute atomic E-state index is 14.7. The fraction of sp³-hybridized carbons (Fsp3) is 0.364. The average Bonchev–Trinajstić information content (AvgIpc) is 3.02. The normalized spacial score (nSPS) is 12.9. The van der Waals surface area contributed by atoms with Crippen LogP contribution in [0.15, 0.2) is 18.2 Å². The lowest BCUT2D eigenvalue weighted by molar-refractivity contribution is -0.164. The Kier molecular flexibility index (Phi) is 6.28. The Bertz CT molecular complexity index is 1140. The molecule has 0 spiro atoms. The Morgan fingerprint density at radius 2 is 1.97 bits per heavy atom. The van der Waals surface area contributed by atoms with Crippen molar-refractivity contribution in [2.45, 2.75) is 46.3 Å². The lowest BCUT2D eigenvalue weighted by Gasteiger charge is -2.28. The molecule has 0 saturated heterocycles. The second kappa shape index (κ2) is 8.29. The maximum atomic E-state index is 14.7. The van der Waals surface area contributed by atoms with Gasteiger partial charge in [-0.25, -0.2) is 14.2 Å². The van der Waals surface area contributed by atoms with Crippen LogP contribution < -0.4 is 5.46 Å². The number of fused-ring (bicyclic) bond motifs is 1. The first-order chi connectivity index (χ1) is 13.9. The highest BCUT2D eigenvalue weighted by Crippen LogP contribution is 2.44. The molecule has 2 aromatic heterocycles. The number of pyridine rings is 1. The third-order valence-electron chi connectivity index (χ3n) is 4.73. The number of ether oxygens (including phenoxy) is 2. The average molecular weight is 448 g/mol. The molecule has 3 aromatic rings. The number of methoxy groups -OCH3 is 1. The molecule has 0 aliphatic carbocycles. The van der Waals surface area contributed by atoms with Crippen LogP contribution in [0.5, 0.6) is 0 Å². The van der Waals surface area contributed by atoms with E-state index in [1.165, 1.54) is 18.4 Å². The number of halogens is 2. The summed E-state index contributed by atoms with van der Waals surface area (Å²) in [5.74, 6) is -1.04. The largest absolute Gasteiger partial charge is 0.467 e. The van der Waals surface area contributed by atoms with Crippen molar-refractivity contribution in [3.8, 4) is 11.1 Å².